The molecule has 1 aromatic carbocycles. The fourth-order valence-electron chi connectivity index (χ4n) is 5.72. The number of nitrogens with zero attached hydrogens (tertiary/aromatic N) is 2. The Morgan fingerprint density at radius 3 is 2.74 bits per heavy atom. The second kappa shape index (κ2) is 6.56. The minimum Gasteiger partial charge on any atom is -0.465 e. The first-order valence-corrected chi connectivity index (χ1v) is 10.4. The summed E-state index contributed by atoms with van der Waals surface area (Å²) < 4.78 is 19.4. The summed E-state index contributed by atoms with van der Waals surface area (Å²) in [5, 5.41) is 0. The van der Waals surface area contributed by atoms with Crippen LogP contribution in [0.3, 0.4) is 0 Å². The van der Waals surface area contributed by atoms with Gasteiger partial charge in [-0.1, -0.05) is 0 Å². The minimum atomic E-state index is -0.461. The molecule has 0 N–H and O–H groups in total. The maximum atomic E-state index is 14.6. The molecule has 5 rings (SSSR count). The Balaban J connectivity index is 1.25. The first kappa shape index (κ1) is 17.6. The summed E-state index contributed by atoms with van der Waals surface area (Å²) in [6.07, 6.45) is 8.87. The van der Waals surface area contributed by atoms with Gasteiger partial charge in [0.05, 0.1) is 12.7 Å². The van der Waals surface area contributed by atoms with Crippen molar-refractivity contribution in [3.8, 4) is 0 Å². The summed E-state index contributed by atoms with van der Waals surface area (Å²) in [4.78, 5) is 16.9. The molecule has 1 saturated heterocycles. The van der Waals surface area contributed by atoms with Crippen LogP contribution in [0.15, 0.2) is 12.1 Å². The van der Waals surface area contributed by atoms with E-state index < -0.39 is 5.97 Å². The van der Waals surface area contributed by atoms with E-state index in [-0.39, 0.29) is 5.82 Å². The Labute approximate surface area is 160 Å². The number of likely N-dealkylation sites (tertiary alicyclic amines) is 1. The van der Waals surface area contributed by atoms with E-state index in [1.165, 1.54) is 64.8 Å². The minimum absolute atomic E-state index is 0.260. The van der Waals surface area contributed by atoms with Crippen LogP contribution in [-0.4, -0.2) is 54.6 Å². The number of piperidine rings is 1. The second-order valence-corrected chi connectivity index (χ2v) is 9.18. The number of carbonyl (C=O) groups is 1. The van der Waals surface area contributed by atoms with Crippen LogP contribution in [0.25, 0.3) is 0 Å². The number of benzene rings is 1. The molecule has 2 aliphatic heterocycles. The maximum Gasteiger partial charge on any atom is 0.337 e. The van der Waals surface area contributed by atoms with Gasteiger partial charge in [-0.25, -0.2) is 9.18 Å². The molecular formula is C22H29FN2O2. The van der Waals surface area contributed by atoms with Crippen LogP contribution in [0.5, 0.6) is 0 Å². The van der Waals surface area contributed by atoms with E-state index in [9.17, 15) is 9.18 Å². The van der Waals surface area contributed by atoms with Crippen molar-refractivity contribution in [3.05, 3.63) is 34.6 Å². The lowest BCUT2D eigenvalue weighted by Gasteiger charge is -2.56. The number of esters is 1. The molecule has 2 saturated carbocycles. The summed E-state index contributed by atoms with van der Waals surface area (Å²) in [5.41, 5.74) is 2.60. The van der Waals surface area contributed by atoms with Crippen molar-refractivity contribution in [2.24, 2.45) is 5.41 Å². The molecule has 0 unspecified atom stereocenters. The third-order valence-corrected chi connectivity index (χ3v) is 7.35. The molecule has 146 valence electrons. The zero-order valence-corrected chi connectivity index (χ0v) is 16.2. The lowest BCUT2D eigenvalue weighted by molar-refractivity contribution is -0.0565. The summed E-state index contributed by atoms with van der Waals surface area (Å²) in [6, 6.07) is 4.63. The van der Waals surface area contributed by atoms with Gasteiger partial charge in [-0.15, -0.1) is 0 Å². The molecule has 0 aromatic heterocycles. The van der Waals surface area contributed by atoms with Crippen molar-refractivity contribution < 1.29 is 13.9 Å². The lowest BCUT2D eigenvalue weighted by Crippen LogP contribution is -2.58. The Kier molecular flexibility index (Phi) is 4.28. The van der Waals surface area contributed by atoms with Gasteiger partial charge in [-0.3, -0.25) is 9.80 Å². The van der Waals surface area contributed by atoms with Crippen LogP contribution in [0.1, 0.15) is 60.0 Å². The van der Waals surface area contributed by atoms with Crippen LogP contribution >= 0.6 is 0 Å². The predicted octanol–water partition coefficient (Wildman–Crippen LogP) is 3.38. The zero-order chi connectivity index (χ0) is 18.6. The van der Waals surface area contributed by atoms with Crippen molar-refractivity contribution in [1.29, 1.82) is 0 Å². The molecule has 1 spiro atoms. The highest BCUT2D eigenvalue weighted by molar-refractivity contribution is 5.89. The summed E-state index contributed by atoms with van der Waals surface area (Å²) >= 11 is 0. The molecule has 4 aliphatic rings. The number of hydrogen-bond donors (Lipinski definition) is 0. The fourth-order valence-corrected chi connectivity index (χ4v) is 5.72. The fraction of sp³-hybridized carbons (Fsp3) is 0.682. The van der Waals surface area contributed by atoms with Crippen LogP contribution in [0.4, 0.5) is 4.39 Å². The van der Waals surface area contributed by atoms with Gasteiger partial charge in [-0.2, -0.15) is 0 Å². The zero-order valence-electron chi connectivity index (χ0n) is 16.2. The SMILES string of the molecule is COC(=O)c1cc(F)c2c(c1)CCN(C1CC3(CCCN(C4CC4)C3)C1)C2. The van der Waals surface area contributed by atoms with Crippen LogP contribution in [-0.2, 0) is 17.7 Å². The molecule has 27 heavy (non-hydrogen) atoms. The van der Waals surface area contributed by atoms with Crippen LogP contribution < -0.4 is 0 Å². The summed E-state index contributed by atoms with van der Waals surface area (Å²) in [7, 11) is 1.34. The number of halogens is 1. The van der Waals surface area contributed by atoms with Gasteiger partial charge in [0.25, 0.3) is 0 Å². The average Bonchev–Trinajstić information content (AvgIpc) is 3.50. The van der Waals surface area contributed by atoms with E-state index in [4.69, 9.17) is 4.74 Å². The van der Waals surface area contributed by atoms with E-state index in [0.29, 0.717) is 23.6 Å². The highest BCUT2D eigenvalue weighted by atomic mass is 19.1. The van der Waals surface area contributed by atoms with Crippen molar-refractivity contribution in [2.75, 3.05) is 26.7 Å². The molecule has 0 atom stereocenters. The molecule has 0 amide bonds. The number of methoxy groups -OCH3 is 1. The smallest absolute Gasteiger partial charge is 0.337 e. The number of ether oxygens (including phenoxy) is 1. The van der Waals surface area contributed by atoms with E-state index >= 15 is 0 Å². The van der Waals surface area contributed by atoms with Gasteiger partial charge in [-0.05, 0) is 74.6 Å². The maximum absolute atomic E-state index is 14.6. The second-order valence-electron chi connectivity index (χ2n) is 9.18. The Morgan fingerprint density at radius 2 is 2.00 bits per heavy atom. The predicted molar refractivity (Wildman–Crippen MR) is 101 cm³/mol. The van der Waals surface area contributed by atoms with E-state index in [2.05, 4.69) is 9.80 Å². The standard InChI is InChI=1S/C22H29FN2O2/c1-27-21(26)16-9-15-5-8-24(13-19(15)20(23)10-16)18-11-22(12-18)6-2-7-25(14-22)17-3-4-17/h9-10,17-18H,2-8,11-14H2,1H3. The van der Waals surface area contributed by atoms with E-state index in [1.54, 1.807) is 0 Å². The Hall–Kier alpha value is -1.46. The third-order valence-electron chi connectivity index (χ3n) is 7.35. The number of fused-ring (bicyclic) bond motifs is 1. The molecule has 0 bridgehead atoms. The van der Waals surface area contributed by atoms with Gasteiger partial charge >= 0.3 is 5.97 Å². The first-order valence-electron chi connectivity index (χ1n) is 10.4. The quantitative estimate of drug-likeness (QED) is 0.762. The molecule has 2 heterocycles. The van der Waals surface area contributed by atoms with E-state index in [0.717, 1.165) is 30.1 Å². The molecule has 0 radical (unpaired) electrons. The normalized spacial score (nSPS) is 31.4. The molecular weight excluding hydrogens is 343 g/mol. The number of carbonyl (C=O) groups excluding carboxylic acids is 1. The van der Waals surface area contributed by atoms with Crippen LogP contribution in [0, 0.1) is 11.2 Å². The van der Waals surface area contributed by atoms with Gasteiger partial charge in [0.2, 0.25) is 0 Å². The van der Waals surface area contributed by atoms with Crippen molar-refractivity contribution in [1.82, 2.24) is 9.80 Å². The molecule has 1 aromatic rings. The highest BCUT2D eigenvalue weighted by Gasteiger charge is 2.50. The van der Waals surface area contributed by atoms with Crippen molar-refractivity contribution in [2.45, 2.75) is 63.6 Å². The molecule has 5 heteroatoms. The van der Waals surface area contributed by atoms with Crippen molar-refractivity contribution >= 4 is 5.97 Å². The number of rotatable bonds is 3. The summed E-state index contributed by atoms with van der Waals surface area (Å²) in [6.45, 7) is 4.22. The molecule has 3 fully saturated rings. The van der Waals surface area contributed by atoms with Gasteiger partial charge < -0.3 is 4.74 Å². The van der Waals surface area contributed by atoms with Gasteiger partial charge in [0.1, 0.15) is 5.82 Å². The summed E-state index contributed by atoms with van der Waals surface area (Å²) in [5.74, 6) is -0.721. The average molecular weight is 372 g/mol. The van der Waals surface area contributed by atoms with Gasteiger partial charge in [0, 0.05) is 37.3 Å². The lowest BCUT2D eigenvalue weighted by atomic mass is 9.60. The first-order chi connectivity index (χ1) is 13.1. The Morgan fingerprint density at radius 1 is 1.19 bits per heavy atom. The van der Waals surface area contributed by atoms with E-state index in [1.807, 2.05) is 6.07 Å². The van der Waals surface area contributed by atoms with Crippen molar-refractivity contribution in [3.63, 3.8) is 0 Å². The largest absolute Gasteiger partial charge is 0.465 e. The van der Waals surface area contributed by atoms with Crippen LogP contribution in [0.2, 0.25) is 0 Å². The monoisotopic (exact) mass is 372 g/mol. The highest BCUT2D eigenvalue weighted by Crippen LogP contribution is 2.51. The van der Waals surface area contributed by atoms with Gasteiger partial charge in [0.15, 0.2) is 0 Å². The topological polar surface area (TPSA) is 32.8 Å². The third kappa shape index (κ3) is 3.19. The Bertz CT molecular complexity index is 755. The number of hydrogen-bond acceptors (Lipinski definition) is 4. The molecule has 4 nitrogen and oxygen atoms in total. The molecule has 2 aliphatic carbocycles.